The average Bonchev–Trinajstić information content (AvgIpc) is 2.35. The van der Waals surface area contributed by atoms with Gasteiger partial charge in [0, 0.05) is 18.8 Å². The molecule has 1 heterocycles. The first-order valence-corrected chi connectivity index (χ1v) is 7.40. The largest absolute Gasteiger partial charge is 0.398 e. The third kappa shape index (κ3) is 2.57. The lowest BCUT2D eigenvalue weighted by molar-refractivity contribution is -0.122. The molecule has 0 aromatic heterocycles. The molecular weight excluding hydrogens is 266 g/mol. The predicted octanol–water partition coefficient (Wildman–Crippen LogP) is 0.00614. The molecule has 0 aliphatic carbocycles. The summed E-state index contributed by atoms with van der Waals surface area (Å²) in [6, 6.07) is 3.04. The number of benzene rings is 1. The predicted molar refractivity (Wildman–Crippen MR) is 72.1 cm³/mol. The first-order valence-electron chi connectivity index (χ1n) is 5.96. The van der Waals surface area contributed by atoms with Crippen LogP contribution in [-0.2, 0) is 14.8 Å². The first-order chi connectivity index (χ1) is 8.82. The van der Waals surface area contributed by atoms with Crippen LogP contribution in [0.5, 0.6) is 0 Å². The van der Waals surface area contributed by atoms with Crippen molar-refractivity contribution in [1.29, 1.82) is 0 Å². The lowest BCUT2D eigenvalue weighted by Gasteiger charge is -2.26. The molecule has 1 aromatic rings. The highest BCUT2D eigenvalue weighted by Crippen LogP contribution is 2.24. The van der Waals surface area contributed by atoms with Crippen LogP contribution in [-0.4, -0.2) is 38.3 Å². The molecule has 2 rings (SSSR count). The van der Waals surface area contributed by atoms with Crippen molar-refractivity contribution < 1.29 is 13.2 Å². The Kier molecular flexibility index (Phi) is 3.51. The highest BCUT2D eigenvalue weighted by atomic mass is 32.2. The molecular formula is C12H17N3O3S. The highest BCUT2D eigenvalue weighted by Gasteiger charge is 2.29. The second-order valence-corrected chi connectivity index (χ2v) is 6.58. The van der Waals surface area contributed by atoms with Gasteiger partial charge in [0.25, 0.3) is 0 Å². The van der Waals surface area contributed by atoms with E-state index in [9.17, 15) is 13.2 Å². The zero-order chi connectivity index (χ0) is 14.2. The van der Waals surface area contributed by atoms with Gasteiger partial charge < -0.3 is 11.1 Å². The van der Waals surface area contributed by atoms with Crippen LogP contribution in [0.4, 0.5) is 5.69 Å². The molecule has 104 valence electrons. The summed E-state index contributed by atoms with van der Waals surface area (Å²) in [6.07, 6.45) is 0. The van der Waals surface area contributed by atoms with Gasteiger partial charge in [-0.05, 0) is 37.1 Å². The molecule has 19 heavy (non-hydrogen) atoms. The summed E-state index contributed by atoms with van der Waals surface area (Å²) in [5.41, 5.74) is 7.95. The van der Waals surface area contributed by atoms with E-state index in [2.05, 4.69) is 5.32 Å². The van der Waals surface area contributed by atoms with E-state index in [0.29, 0.717) is 12.2 Å². The number of piperazine rings is 1. The number of anilines is 1. The van der Waals surface area contributed by atoms with Crippen molar-refractivity contribution in [2.24, 2.45) is 0 Å². The molecule has 3 N–H and O–H groups in total. The number of hydrogen-bond acceptors (Lipinski definition) is 4. The molecule has 7 heteroatoms. The van der Waals surface area contributed by atoms with Gasteiger partial charge in [-0.3, -0.25) is 4.79 Å². The topological polar surface area (TPSA) is 92.5 Å². The molecule has 1 aliphatic rings. The minimum absolute atomic E-state index is 0.141. The number of nitrogens with one attached hydrogen (secondary N) is 1. The van der Waals surface area contributed by atoms with Crippen molar-refractivity contribution >= 4 is 21.6 Å². The molecule has 1 aromatic carbocycles. The van der Waals surface area contributed by atoms with Crippen molar-refractivity contribution in [3.05, 3.63) is 23.3 Å². The van der Waals surface area contributed by atoms with Crippen LogP contribution >= 0.6 is 0 Å². The van der Waals surface area contributed by atoms with E-state index in [1.807, 2.05) is 13.8 Å². The summed E-state index contributed by atoms with van der Waals surface area (Å²) < 4.78 is 26.1. The van der Waals surface area contributed by atoms with E-state index in [0.717, 1.165) is 11.1 Å². The van der Waals surface area contributed by atoms with Gasteiger partial charge in [0.1, 0.15) is 0 Å². The fraction of sp³-hybridized carbons (Fsp3) is 0.417. The van der Waals surface area contributed by atoms with Crippen LogP contribution in [0.2, 0.25) is 0 Å². The van der Waals surface area contributed by atoms with E-state index < -0.39 is 10.0 Å². The lowest BCUT2D eigenvalue weighted by atomic mass is 10.1. The SMILES string of the molecule is Cc1cc(S(=O)(=O)N2CCNC(=O)C2)cc(N)c1C. The van der Waals surface area contributed by atoms with Crippen LogP contribution in [0, 0.1) is 13.8 Å². The van der Waals surface area contributed by atoms with Crippen molar-refractivity contribution in [1.82, 2.24) is 9.62 Å². The number of nitrogen functional groups attached to an aromatic ring is 1. The van der Waals surface area contributed by atoms with E-state index in [4.69, 9.17) is 5.73 Å². The van der Waals surface area contributed by atoms with Crippen LogP contribution in [0.25, 0.3) is 0 Å². The quantitative estimate of drug-likeness (QED) is 0.748. The van der Waals surface area contributed by atoms with Crippen LogP contribution in [0.3, 0.4) is 0 Å². The van der Waals surface area contributed by atoms with E-state index >= 15 is 0 Å². The van der Waals surface area contributed by atoms with E-state index in [1.165, 1.54) is 10.4 Å². The monoisotopic (exact) mass is 283 g/mol. The molecule has 1 saturated heterocycles. The Bertz CT molecular complexity index is 602. The first kappa shape index (κ1) is 13.8. The molecule has 1 aliphatic heterocycles. The van der Waals surface area contributed by atoms with Gasteiger partial charge in [-0.1, -0.05) is 0 Å². The van der Waals surface area contributed by atoms with Gasteiger partial charge in [-0.15, -0.1) is 0 Å². The maximum Gasteiger partial charge on any atom is 0.243 e. The Hall–Kier alpha value is -1.60. The normalized spacial score (nSPS) is 17.3. The standard InChI is InChI=1S/C12H17N3O3S/c1-8-5-10(6-11(13)9(8)2)19(17,18)15-4-3-14-12(16)7-15/h5-6H,3-4,7,13H2,1-2H3,(H,14,16). The molecule has 0 atom stereocenters. The smallest absolute Gasteiger partial charge is 0.243 e. The third-order valence-corrected chi connectivity index (χ3v) is 5.15. The molecule has 1 amide bonds. The second-order valence-electron chi connectivity index (χ2n) is 4.64. The van der Waals surface area contributed by atoms with Gasteiger partial charge in [-0.2, -0.15) is 4.31 Å². The number of nitrogens with zero attached hydrogens (tertiary/aromatic N) is 1. The Morgan fingerprint density at radius 2 is 2.00 bits per heavy atom. The average molecular weight is 283 g/mol. The molecule has 0 spiro atoms. The molecule has 0 radical (unpaired) electrons. The zero-order valence-electron chi connectivity index (χ0n) is 10.9. The minimum Gasteiger partial charge on any atom is -0.398 e. The van der Waals surface area contributed by atoms with Gasteiger partial charge in [0.05, 0.1) is 11.4 Å². The number of nitrogens with two attached hydrogens (primary N) is 1. The molecule has 0 unspecified atom stereocenters. The van der Waals surface area contributed by atoms with Gasteiger partial charge in [0.2, 0.25) is 15.9 Å². The Morgan fingerprint density at radius 3 is 2.58 bits per heavy atom. The van der Waals surface area contributed by atoms with Crippen LogP contribution < -0.4 is 11.1 Å². The summed E-state index contributed by atoms with van der Waals surface area (Å²) in [6.45, 7) is 4.12. The Balaban J connectivity index is 2.42. The van der Waals surface area contributed by atoms with Crippen molar-refractivity contribution in [3.63, 3.8) is 0 Å². The molecule has 0 saturated carbocycles. The number of sulfonamides is 1. The summed E-state index contributed by atoms with van der Waals surface area (Å²) in [5.74, 6) is -0.286. The van der Waals surface area contributed by atoms with Crippen LogP contribution in [0.1, 0.15) is 11.1 Å². The van der Waals surface area contributed by atoms with Crippen molar-refractivity contribution in [2.45, 2.75) is 18.7 Å². The summed E-state index contributed by atoms with van der Waals surface area (Å²) in [4.78, 5) is 11.4. The van der Waals surface area contributed by atoms with Gasteiger partial charge >= 0.3 is 0 Å². The maximum absolute atomic E-state index is 12.4. The number of hydrogen-bond donors (Lipinski definition) is 2. The third-order valence-electron chi connectivity index (χ3n) is 3.32. The van der Waals surface area contributed by atoms with Gasteiger partial charge in [-0.25, -0.2) is 8.42 Å². The van der Waals surface area contributed by atoms with Crippen LogP contribution in [0.15, 0.2) is 17.0 Å². The summed E-state index contributed by atoms with van der Waals surface area (Å²) in [5, 5.41) is 2.60. The highest BCUT2D eigenvalue weighted by molar-refractivity contribution is 7.89. The molecule has 0 bridgehead atoms. The fourth-order valence-corrected chi connectivity index (χ4v) is 3.49. The van der Waals surface area contributed by atoms with Crippen molar-refractivity contribution in [2.75, 3.05) is 25.4 Å². The zero-order valence-corrected chi connectivity index (χ0v) is 11.8. The van der Waals surface area contributed by atoms with Gasteiger partial charge in [0.15, 0.2) is 0 Å². The fourth-order valence-electron chi connectivity index (χ4n) is 1.97. The minimum atomic E-state index is -3.66. The Labute approximate surface area is 112 Å². The Morgan fingerprint density at radius 1 is 1.32 bits per heavy atom. The number of rotatable bonds is 2. The number of amides is 1. The maximum atomic E-state index is 12.4. The molecule has 6 nitrogen and oxygen atoms in total. The summed E-state index contributed by atoms with van der Waals surface area (Å²) in [7, 11) is -3.66. The van der Waals surface area contributed by atoms with Crippen molar-refractivity contribution in [3.8, 4) is 0 Å². The number of carbonyl (C=O) groups is 1. The van der Waals surface area contributed by atoms with E-state index in [1.54, 1.807) is 6.07 Å². The summed E-state index contributed by atoms with van der Waals surface area (Å²) >= 11 is 0. The number of carbonyl (C=O) groups excluding carboxylic acids is 1. The number of aryl methyl sites for hydroxylation is 1. The molecule has 1 fully saturated rings. The van der Waals surface area contributed by atoms with E-state index in [-0.39, 0.29) is 23.9 Å². The second kappa shape index (κ2) is 4.82. The lowest BCUT2D eigenvalue weighted by Crippen LogP contribution is -2.49.